The average molecular weight is 278 g/mol. The predicted molar refractivity (Wildman–Crippen MR) is 76.7 cm³/mol. The third kappa shape index (κ3) is 3.51. The zero-order valence-electron chi connectivity index (χ0n) is 12.2. The molecule has 1 atom stereocenters. The number of rotatable bonds is 6. The fourth-order valence-electron chi connectivity index (χ4n) is 2.34. The second kappa shape index (κ2) is 7.29. The highest BCUT2D eigenvalue weighted by Crippen LogP contribution is 2.30. The maximum absolute atomic E-state index is 12.4. The van der Waals surface area contributed by atoms with E-state index in [0.717, 1.165) is 19.3 Å². The van der Waals surface area contributed by atoms with Crippen molar-refractivity contribution in [1.82, 2.24) is 0 Å². The summed E-state index contributed by atoms with van der Waals surface area (Å²) in [5, 5.41) is 0. The Balaban J connectivity index is 2.18. The maximum Gasteiger partial charge on any atom is 0.191 e. The van der Waals surface area contributed by atoms with Crippen LogP contribution < -0.4 is 9.47 Å². The Morgan fingerprint density at radius 2 is 1.95 bits per heavy atom. The van der Waals surface area contributed by atoms with Gasteiger partial charge in [0.2, 0.25) is 0 Å². The summed E-state index contributed by atoms with van der Waals surface area (Å²) in [5.41, 5.74) is 0.629. The van der Waals surface area contributed by atoms with E-state index in [9.17, 15) is 4.79 Å². The van der Waals surface area contributed by atoms with Gasteiger partial charge in [0.1, 0.15) is 6.10 Å². The lowest BCUT2D eigenvalue weighted by atomic mass is 9.99. The highest BCUT2D eigenvalue weighted by atomic mass is 16.5. The van der Waals surface area contributed by atoms with Crippen molar-refractivity contribution in [1.29, 1.82) is 0 Å². The van der Waals surface area contributed by atoms with Gasteiger partial charge in [-0.1, -0.05) is 0 Å². The normalized spacial score (nSPS) is 18.6. The van der Waals surface area contributed by atoms with Crippen molar-refractivity contribution in [2.75, 3.05) is 19.8 Å². The number of Topliss-reactive ketones (excluding diaryl/α,β-unsaturated/α-hetero) is 1. The molecule has 0 amide bonds. The van der Waals surface area contributed by atoms with E-state index >= 15 is 0 Å². The summed E-state index contributed by atoms with van der Waals surface area (Å²) < 4.78 is 16.6. The molecule has 0 aliphatic carbocycles. The summed E-state index contributed by atoms with van der Waals surface area (Å²) in [6, 6.07) is 5.34. The van der Waals surface area contributed by atoms with Crippen LogP contribution in [0.3, 0.4) is 0 Å². The number of ether oxygens (including phenoxy) is 3. The van der Waals surface area contributed by atoms with Crippen LogP contribution in [0.2, 0.25) is 0 Å². The molecule has 1 unspecified atom stereocenters. The highest BCUT2D eigenvalue weighted by molar-refractivity contribution is 6.00. The van der Waals surface area contributed by atoms with Gasteiger partial charge in [0, 0.05) is 12.2 Å². The molecule has 0 aromatic heterocycles. The molecule has 1 saturated heterocycles. The number of ketones is 1. The second-order valence-electron chi connectivity index (χ2n) is 4.75. The second-order valence-corrected chi connectivity index (χ2v) is 4.75. The minimum atomic E-state index is -0.309. The molecule has 1 aliphatic rings. The Hall–Kier alpha value is -1.55. The van der Waals surface area contributed by atoms with Crippen molar-refractivity contribution >= 4 is 5.78 Å². The first-order valence-electron chi connectivity index (χ1n) is 7.31. The van der Waals surface area contributed by atoms with Crippen LogP contribution >= 0.6 is 0 Å². The van der Waals surface area contributed by atoms with Crippen LogP contribution in [0.25, 0.3) is 0 Å². The molecule has 1 aromatic carbocycles. The van der Waals surface area contributed by atoms with Gasteiger partial charge >= 0.3 is 0 Å². The van der Waals surface area contributed by atoms with E-state index in [1.54, 1.807) is 18.2 Å². The van der Waals surface area contributed by atoms with Crippen molar-refractivity contribution in [2.24, 2.45) is 0 Å². The van der Waals surface area contributed by atoms with Crippen LogP contribution in [0.4, 0.5) is 0 Å². The Kier molecular flexibility index (Phi) is 5.41. The molecule has 1 heterocycles. The van der Waals surface area contributed by atoms with Gasteiger partial charge in [-0.25, -0.2) is 0 Å². The van der Waals surface area contributed by atoms with Gasteiger partial charge in [0.05, 0.1) is 13.2 Å². The molecule has 1 aliphatic heterocycles. The molecule has 0 radical (unpaired) electrons. The van der Waals surface area contributed by atoms with Crippen LogP contribution in [-0.4, -0.2) is 31.7 Å². The molecular formula is C16H22O4. The molecule has 2 rings (SSSR count). The first kappa shape index (κ1) is 14.9. The van der Waals surface area contributed by atoms with E-state index in [-0.39, 0.29) is 11.9 Å². The quantitative estimate of drug-likeness (QED) is 0.749. The molecule has 0 saturated carbocycles. The van der Waals surface area contributed by atoms with E-state index in [1.165, 1.54) is 0 Å². The first-order valence-corrected chi connectivity index (χ1v) is 7.31. The SMILES string of the molecule is CCOc1ccc(C(=O)C2CCCCO2)cc1OCC. The van der Waals surface area contributed by atoms with Gasteiger partial charge in [-0.15, -0.1) is 0 Å². The van der Waals surface area contributed by atoms with E-state index < -0.39 is 0 Å². The van der Waals surface area contributed by atoms with E-state index in [4.69, 9.17) is 14.2 Å². The number of benzene rings is 1. The standard InChI is InChI=1S/C16H22O4/c1-3-18-13-9-8-12(11-15(13)19-4-2)16(17)14-7-5-6-10-20-14/h8-9,11,14H,3-7,10H2,1-2H3. The van der Waals surface area contributed by atoms with E-state index in [0.29, 0.717) is 36.9 Å². The zero-order chi connectivity index (χ0) is 14.4. The van der Waals surface area contributed by atoms with Gasteiger partial charge < -0.3 is 14.2 Å². The topological polar surface area (TPSA) is 44.8 Å². The molecule has 4 nitrogen and oxygen atoms in total. The van der Waals surface area contributed by atoms with Crippen LogP contribution in [-0.2, 0) is 4.74 Å². The summed E-state index contributed by atoms with van der Waals surface area (Å²) in [5.74, 6) is 1.33. The molecule has 4 heteroatoms. The van der Waals surface area contributed by atoms with Crippen LogP contribution in [0.15, 0.2) is 18.2 Å². The Labute approximate surface area is 120 Å². The monoisotopic (exact) mass is 278 g/mol. The third-order valence-corrected chi connectivity index (χ3v) is 3.30. The fraction of sp³-hybridized carbons (Fsp3) is 0.562. The van der Waals surface area contributed by atoms with Crippen LogP contribution in [0, 0.1) is 0 Å². The molecule has 0 bridgehead atoms. The maximum atomic E-state index is 12.4. The molecule has 110 valence electrons. The molecule has 0 spiro atoms. The van der Waals surface area contributed by atoms with Gasteiger partial charge in [0.25, 0.3) is 0 Å². The van der Waals surface area contributed by atoms with Crippen molar-refractivity contribution in [3.63, 3.8) is 0 Å². The first-order chi connectivity index (χ1) is 9.76. The van der Waals surface area contributed by atoms with Crippen molar-refractivity contribution < 1.29 is 19.0 Å². The van der Waals surface area contributed by atoms with Crippen molar-refractivity contribution in [3.8, 4) is 11.5 Å². The smallest absolute Gasteiger partial charge is 0.191 e. The summed E-state index contributed by atoms with van der Waals surface area (Å²) in [6.45, 7) is 5.61. The lowest BCUT2D eigenvalue weighted by Crippen LogP contribution is -2.28. The zero-order valence-corrected chi connectivity index (χ0v) is 12.2. The summed E-state index contributed by atoms with van der Waals surface area (Å²) in [4.78, 5) is 12.4. The highest BCUT2D eigenvalue weighted by Gasteiger charge is 2.24. The lowest BCUT2D eigenvalue weighted by Gasteiger charge is -2.21. The Morgan fingerprint density at radius 1 is 1.20 bits per heavy atom. The minimum Gasteiger partial charge on any atom is -0.490 e. The molecule has 1 fully saturated rings. The lowest BCUT2D eigenvalue weighted by molar-refractivity contribution is 0.0186. The largest absolute Gasteiger partial charge is 0.490 e. The van der Waals surface area contributed by atoms with E-state index in [2.05, 4.69) is 0 Å². The summed E-state index contributed by atoms with van der Waals surface area (Å²) in [7, 11) is 0. The van der Waals surface area contributed by atoms with Crippen molar-refractivity contribution in [3.05, 3.63) is 23.8 Å². The number of hydrogen-bond donors (Lipinski definition) is 0. The van der Waals surface area contributed by atoms with Gasteiger partial charge in [-0.05, 0) is 51.3 Å². The molecule has 0 N–H and O–H groups in total. The molecule has 20 heavy (non-hydrogen) atoms. The van der Waals surface area contributed by atoms with Crippen molar-refractivity contribution in [2.45, 2.75) is 39.2 Å². The van der Waals surface area contributed by atoms with Gasteiger partial charge in [0.15, 0.2) is 17.3 Å². The third-order valence-electron chi connectivity index (χ3n) is 3.30. The molecule has 1 aromatic rings. The van der Waals surface area contributed by atoms with Crippen LogP contribution in [0.1, 0.15) is 43.5 Å². The van der Waals surface area contributed by atoms with E-state index in [1.807, 2.05) is 13.8 Å². The predicted octanol–water partition coefficient (Wildman–Crippen LogP) is 3.24. The van der Waals surface area contributed by atoms with Crippen LogP contribution in [0.5, 0.6) is 11.5 Å². The average Bonchev–Trinajstić information content (AvgIpc) is 2.50. The Morgan fingerprint density at radius 3 is 2.60 bits per heavy atom. The number of hydrogen-bond acceptors (Lipinski definition) is 4. The number of carbonyl (C=O) groups excluding carboxylic acids is 1. The Bertz CT molecular complexity index is 450. The fourth-order valence-corrected chi connectivity index (χ4v) is 2.34. The minimum absolute atomic E-state index is 0.0358. The van der Waals surface area contributed by atoms with Gasteiger partial charge in [-0.2, -0.15) is 0 Å². The molecular weight excluding hydrogens is 256 g/mol. The summed E-state index contributed by atoms with van der Waals surface area (Å²) >= 11 is 0. The summed E-state index contributed by atoms with van der Waals surface area (Å²) in [6.07, 6.45) is 2.58. The van der Waals surface area contributed by atoms with Gasteiger partial charge in [-0.3, -0.25) is 4.79 Å². The number of carbonyl (C=O) groups is 1.